The highest BCUT2D eigenvalue weighted by molar-refractivity contribution is 7.49. The number of rotatable bonds is 4. The molecule has 3 nitrogen and oxygen atoms in total. The summed E-state index contributed by atoms with van der Waals surface area (Å²) in [5.41, 5.74) is 4.11. The molecule has 0 heterocycles. The Labute approximate surface area is 148 Å². The number of fused-ring (bicyclic) bond motifs is 1. The van der Waals surface area contributed by atoms with Crippen LogP contribution in [0.15, 0.2) is 48.5 Å². The molecule has 0 amide bonds. The summed E-state index contributed by atoms with van der Waals surface area (Å²) in [6.45, 7) is 5.89. The molecule has 4 heteroatoms. The first-order valence-electron chi connectivity index (χ1n) is 8.16. The van der Waals surface area contributed by atoms with E-state index in [2.05, 4.69) is 0 Å². The van der Waals surface area contributed by atoms with E-state index in [4.69, 9.17) is 4.52 Å². The molecule has 0 spiro atoms. The van der Waals surface area contributed by atoms with Crippen LogP contribution >= 0.6 is 8.03 Å². The van der Waals surface area contributed by atoms with Gasteiger partial charge in [0.15, 0.2) is 5.78 Å². The van der Waals surface area contributed by atoms with E-state index < -0.39 is 8.03 Å². The van der Waals surface area contributed by atoms with Gasteiger partial charge < -0.3 is 4.52 Å². The Bertz CT molecular complexity index is 982. The number of carbonyl (C=O) groups excluding carboxylic acids is 1. The molecular weight excluding hydrogens is 331 g/mol. The molecule has 0 fully saturated rings. The predicted molar refractivity (Wildman–Crippen MR) is 104 cm³/mol. The van der Waals surface area contributed by atoms with Crippen LogP contribution in [0.3, 0.4) is 0 Å². The second-order valence-corrected chi connectivity index (χ2v) is 7.79. The summed E-state index contributed by atoms with van der Waals surface area (Å²) in [5.74, 6) is -0.105. The van der Waals surface area contributed by atoms with Crippen LogP contribution in [0, 0.1) is 20.8 Å². The Morgan fingerprint density at radius 2 is 1.60 bits per heavy atom. The number of benzene rings is 3. The van der Waals surface area contributed by atoms with E-state index in [0.29, 0.717) is 16.4 Å². The Kier molecular flexibility index (Phi) is 4.89. The van der Waals surface area contributed by atoms with Crippen molar-refractivity contribution in [2.75, 3.05) is 7.11 Å². The van der Waals surface area contributed by atoms with E-state index in [1.807, 2.05) is 63.2 Å². The third kappa shape index (κ3) is 3.18. The Morgan fingerprint density at radius 3 is 2.24 bits per heavy atom. The lowest BCUT2D eigenvalue weighted by Crippen LogP contribution is -2.17. The van der Waals surface area contributed by atoms with Crippen molar-refractivity contribution in [3.05, 3.63) is 76.3 Å². The molecule has 1 unspecified atom stereocenters. The summed E-state index contributed by atoms with van der Waals surface area (Å²) in [7, 11) is -1.10. The third-order valence-electron chi connectivity index (χ3n) is 4.47. The van der Waals surface area contributed by atoms with Crippen LogP contribution in [0.5, 0.6) is 0 Å². The molecule has 0 aliphatic rings. The number of carbonyl (C=O) groups is 1. The van der Waals surface area contributed by atoms with Crippen molar-refractivity contribution in [1.82, 2.24) is 0 Å². The zero-order valence-corrected chi connectivity index (χ0v) is 15.8. The van der Waals surface area contributed by atoms with Gasteiger partial charge in [0.1, 0.15) is 0 Å². The van der Waals surface area contributed by atoms with Gasteiger partial charge in [0.05, 0.1) is 5.30 Å². The predicted octanol–water partition coefficient (Wildman–Crippen LogP) is 4.74. The average molecular weight is 352 g/mol. The normalized spacial score (nSPS) is 12.3. The van der Waals surface area contributed by atoms with Gasteiger partial charge in [0.25, 0.3) is 0 Å². The molecule has 0 aromatic heterocycles. The number of ketones is 1. The summed E-state index contributed by atoms with van der Waals surface area (Å²) in [5, 5.41) is 2.26. The van der Waals surface area contributed by atoms with E-state index in [1.165, 1.54) is 7.11 Å². The van der Waals surface area contributed by atoms with Crippen LogP contribution in [0.2, 0.25) is 0 Å². The summed E-state index contributed by atoms with van der Waals surface area (Å²) in [6, 6.07) is 15.3. The highest BCUT2D eigenvalue weighted by Gasteiger charge is 2.22. The van der Waals surface area contributed by atoms with Crippen molar-refractivity contribution >= 4 is 29.9 Å². The molecule has 0 radical (unpaired) electrons. The lowest BCUT2D eigenvalue weighted by atomic mass is 9.92. The Balaban J connectivity index is 2.29. The summed E-state index contributed by atoms with van der Waals surface area (Å²) >= 11 is 0. The van der Waals surface area contributed by atoms with Crippen LogP contribution in [-0.4, -0.2) is 12.9 Å². The van der Waals surface area contributed by atoms with Gasteiger partial charge >= 0.3 is 0 Å². The number of hydrogen-bond acceptors (Lipinski definition) is 3. The minimum atomic E-state index is -2.52. The average Bonchev–Trinajstić information content (AvgIpc) is 2.59. The molecule has 3 rings (SSSR count). The van der Waals surface area contributed by atoms with E-state index >= 15 is 0 Å². The molecule has 0 saturated carbocycles. The van der Waals surface area contributed by atoms with Gasteiger partial charge in [0.2, 0.25) is 8.03 Å². The second-order valence-electron chi connectivity index (χ2n) is 6.30. The van der Waals surface area contributed by atoms with Crippen molar-refractivity contribution in [1.29, 1.82) is 0 Å². The second kappa shape index (κ2) is 6.95. The minimum Gasteiger partial charge on any atom is -0.331 e. The first kappa shape index (κ1) is 17.6. The molecular formula is C21H21O3P. The van der Waals surface area contributed by atoms with Crippen LogP contribution in [0.1, 0.15) is 32.6 Å². The lowest BCUT2D eigenvalue weighted by molar-refractivity contribution is 0.103. The van der Waals surface area contributed by atoms with Gasteiger partial charge in [-0.15, -0.1) is 0 Å². The van der Waals surface area contributed by atoms with Gasteiger partial charge in [-0.05, 0) is 48.7 Å². The Hall–Kier alpha value is -2.22. The molecule has 1 atom stereocenters. The van der Waals surface area contributed by atoms with Crippen LogP contribution in [0.25, 0.3) is 10.8 Å². The van der Waals surface area contributed by atoms with Crippen molar-refractivity contribution in [2.24, 2.45) is 0 Å². The van der Waals surface area contributed by atoms with Crippen LogP contribution < -0.4 is 5.30 Å². The maximum absolute atomic E-state index is 13.3. The number of aryl methyl sites for hydroxylation is 3. The van der Waals surface area contributed by atoms with Crippen LogP contribution in [0.4, 0.5) is 0 Å². The first-order valence-corrected chi connectivity index (χ1v) is 9.48. The number of hydrogen-bond donors (Lipinski definition) is 0. The van der Waals surface area contributed by atoms with Gasteiger partial charge in [-0.3, -0.25) is 9.36 Å². The van der Waals surface area contributed by atoms with Gasteiger partial charge in [-0.1, -0.05) is 48.0 Å². The van der Waals surface area contributed by atoms with Crippen molar-refractivity contribution in [3.63, 3.8) is 0 Å². The largest absolute Gasteiger partial charge is 0.331 e. The third-order valence-corrected chi connectivity index (χ3v) is 5.78. The van der Waals surface area contributed by atoms with E-state index in [0.717, 1.165) is 27.5 Å². The van der Waals surface area contributed by atoms with Crippen LogP contribution in [-0.2, 0) is 9.09 Å². The molecule has 128 valence electrons. The Morgan fingerprint density at radius 1 is 0.960 bits per heavy atom. The van der Waals surface area contributed by atoms with Crippen molar-refractivity contribution in [2.45, 2.75) is 20.8 Å². The first-order chi connectivity index (χ1) is 11.9. The maximum atomic E-state index is 13.3. The van der Waals surface area contributed by atoms with Gasteiger partial charge in [0, 0.05) is 18.2 Å². The van der Waals surface area contributed by atoms with Crippen molar-refractivity contribution < 1.29 is 13.9 Å². The molecule has 0 N–H and O–H groups in total. The minimum absolute atomic E-state index is 0.105. The standard InChI is InChI=1S/C21H21O3P/c1-13-11-14(2)19(15(3)12-13)20(22)18-10-9-16-7-5-6-8-17(16)21(18)25(23)24-4/h5-12,25H,1-4H3. The van der Waals surface area contributed by atoms with E-state index in [1.54, 1.807) is 6.07 Å². The fourth-order valence-corrected chi connectivity index (χ4v) is 4.52. The smallest absolute Gasteiger partial charge is 0.221 e. The lowest BCUT2D eigenvalue weighted by Gasteiger charge is -2.15. The maximum Gasteiger partial charge on any atom is 0.221 e. The summed E-state index contributed by atoms with van der Waals surface area (Å²) in [4.78, 5) is 13.3. The monoisotopic (exact) mass is 352 g/mol. The van der Waals surface area contributed by atoms with Gasteiger partial charge in [-0.25, -0.2) is 0 Å². The molecule has 0 aliphatic heterocycles. The quantitative estimate of drug-likeness (QED) is 0.503. The summed E-state index contributed by atoms with van der Waals surface area (Å²) in [6.07, 6.45) is 0. The molecule has 0 aliphatic carbocycles. The van der Waals surface area contributed by atoms with E-state index in [9.17, 15) is 9.36 Å². The molecule has 3 aromatic carbocycles. The zero-order chi connectivity index (χ0) is 18.1. The fraction of sp³-hybridized carbons (Fsp3) is 0.190. The molecule has 25 heavy (non-hydrogen) atoms. The van der Waals surface area contributed by atoms with Crippen molar-refractivity contribution in [3.8, 4) is 0 Å². The molecule has 0 saturated heterocycles. The topological polar surface area (TPSA) is 43.4 Å². The zero-order valence-electron chi connectivity index (χ0n) is 14.8. The summed E-state index contributed by atoms with van der Waals surface area (Å²) < 4.78 is 17.8. The molecule has 3 aromatic rings. The highest BCUT2D eigenvalue weighted by atomic mass is 31.1. The highest BCUT2D eigenvalue weighted by Crippen LogP contribution is 2.30. The molecule has 0 bridgehead atoms. The fourth-order valence-electron chi connectivity index (χ4n) is 3.46. The SMILES string of the molecule is CO[PH](=O)c1c(C(=O)c2c(C)cc(C)cc2C)ccc2ccccc12. The van der Waals surface area contributed by atoms with E-state index in [-0.39, 0.29) is 5.78 Å². The van der Waals surface area contributed by atoms with Gasteiger partial charge in [-0.2, -0.15) is 0 Å².